The number of nitrogen functional groups attached to an aromatic ring is 1. The number of carbonyl (C=O) groups excluding carboxylic acids is 8. The predicted octanol–water partition coefficient (Wildman–Crippen LogP) is 8.56. The zero-order valence-electron chi connectivity index (χ0n) is 79.6. The summed E-state index contributed by atoms with van der Waals surface area (Å²) >= 11 is 0. The molecule has 0 unspecified atom stereocenters. The molecular formula is C99H136N14O21S. The van der Waals surface area contributed by atoms with Crippen LogP contribution in [0.2, 0.25) is 0 Å². The Morgan fingerprint density at radius 1 is 0.704 bits per heavy atom. The van der Waals surface area contributed by atoms with Crippen LogP contribution in [0.5, 0.6) is 5.75 Å². The van der Waals surface area contributed by atoms with Crippen LogP contribution in [0, 0.1) is 42.4 Å². The van der Waals surface area contributed by atoms with Gasteiger partial charge in [-0.2, -0.15) is 0 Å². The number of sulfone groups is 1. The van der Waals surface area contributed by atoms with Crippen LogP contribution in [-0.4, -0.2) is 302 Å². The second-order valence-electron chi connectivity index (χ2n) is 37.2. The van der Waals surface area contributed by atoms with E-state index in [-0.39, 0.29) is 111 Å². The Balaban J connectivity index is 0.548. The quantitative estimate of drug-likeness (QED) is 0.0146. The van der Waals surface area contributed by atoms with E-state index in [0.717, 1.165) is 22.3 Å². The molecule has 9 heterocycles. The van der Waals surface area contributed by atoms with Crippen LogP contribution in [0.4, 0.5) is 22.5 Å². The first-order valence-electron chi connectivity index (χ1n) is 47.4. The van der Waals surface area contributed by atoms with E-state index in [0.29, 0.717) is 176 Å². The molecule has 135 heavy (non-hydrogen) atoms. The summed E-state index contributed by atoms with van der Waals surface area (Å²) in [6.45, 7) is 21.3. The smallest absolute Gasteiger partial charge is 0.407 e. The lowest BCUT2D eigenvalue weighted by Crippen LogP contribution is -2.61. The van der Waals surface area contributed by atoms with E-state index >= 15 is 0 Å². The minimum Gasteiger partial charge on any atom is -0.491 e. The highest BCUT2D eigenvalue weighted by Crippen LogP contribution is 2.40. The number of aliphatic hydroxyl groups excluding tert-OH is 2. The molecule has 3 aromatic heterocycles. The molecule has 7 aliphatic rings. The zero-order valence-corrected chi connectivity index (χ0v) is 80.5. The number of rotatable bonds is 24. The molecule has 5 aromatic rings. The fraction of sp³-hybridized carbons (Fsp3) is 0.586. The number of pyridine rings is 1. The Morgan fingerprint density at radius 2 is 1.42 bits per heavy atom. The lowest BCUT2D eigenvalue weighted by atomic mass is 9.78. The van der Waals surface area contributed by atoms with E-state index in [2.05, 4.69) is 40.5 Å². The van der Waals surface area contributed by atoms with E-state index in [4.69, 9.17) is 43.6 Å². The second kappa shape index (κ2) is 48.5. The topological polar surface area (TPSA) is 439 Å². The molecule has 1 aliphatic carbocycles. The SMILES string of the molecule is CO[C@H]1C[C@@H]2CC[C@@H](C)[C@@](O)(O2)C(=O)C(=O)N2CCCC[C@H]2C(=O)O[C@H]([C@H](C)C[C@@H]2CC[C@@H](OC(=O)NCc3cnc(N4CCN(C(=O)CCOCCN5CCN(c6ncc(C(=O)NCCS(=O)(=O)c7ccc(C(=O)N8CCOc9ccc(-c%10ccc(N)nc%10)cc9C8)c(C)c7)cn6)CC5)CC4)nc3)[C@H](OC)C2)C[C@@H](O)[C@H](C)/C=C(\C)[C@@H](O)[C@@H](OC)C(=O)[C@H](C)C[C@H](C)/C=C/C=C/C=C/1C. The molecule has 2 aromatic carbocycles. The standard InChI is InChI=1S/C99H136N14O21S/c1-62-17-13-12-14-18-63(2)83(127-9)53-76-24-20-69(8)99(124,134-76)91(118)94(121)113-32-16-15-19-79(113)95(122)132-84(54-80(114)65(4)48-68(7)89(117)90(129-11)88(116)67(6)47-62)66(5)49-70-21-27-82(85(51-70)128-10)133-98(123)107-57-71-55-103-96(104-56-71)111-39-37-109(38-40-111)87(115)30-43-130-44-41-108-33-35-110(36-34-108)97-105-59-75(60-106-97)92(119)101-31-46-135(125,126)77-25-26-78(64(3)50-77)93(120)112-42-45-131-81-28-22-72(52-74(81)61-112)73-23-29-86(100)102-58-73/h12-14,17-18,22-23,25-26,28-29,48,50,52,55-56,58-60,62,65-67,69-70,76,79-80,82-85,89-90,114,117,124H,15-16,19-21,24,27,30-47,49,51,53-54,57,61H2,1-11H3,(H2,100,102)(H,101,119)(H,107,123)/b14-12+,17-13+,63-18+,68-48+/t62-,65-,66-,67-,69-,70+,76+,79+,80-,82-,83+,84+,85-,89-,90+,99-/m1/s1. The highest BCUT2D eigenvalue weighted by Gasteiger charge is 2.53. The third kappa shape index (κ3) is 27.5. The number of ketones is 2. The number of Topliss-reactive ketones (excluding diaryl/α,β-unsaturated/α-hetero) is 2. The number of nitrogens with zero attached hydrogens (tertiary/aromatic N) is 11. The summed E-state index contributed by atoms with van der Waals surface area (Å²) in [7, 11) is 0.645. The lowest BCUT2D eigenvalue weighted by molar-refractivity contribution is -0.265. The van der Waals surface area contributed by atoms with Gasteiger partial charge in [0.15, 0.2) is 15.6 Å². The number of hydrogen-bond donors (Lipinski definition) is 6. The molecule has 16 atom stereocenters. The number of methoxy groups -OCH3 is 3. The monoisotopic (exact) mass is 1890 g/mol. The van der Waals surface area contributed by atoms with Gasteiger partial charge in [0.25, 0.3) is 23.5 Å². The van der Waals surface area contributed by atoms with Gasteiger partial charge in [0.2, 0.25) is 23.6 Å². The largest absolute Gasteiger partial charge is 0.491 e. The number of esters is 1. The van der Waals surface area contributed by atoms with Gasteiger partial charge in [0.05, 0.1) is 66.8 Å². The summed E-state index contributed by atoms with van der Waals surface area (Å²) in [4.78, 5) is 145. The third-order valence-electron chi connectivity index (χ3n) is 27.4. The summed E-state index contributed by atoms with van der Waals surface area (Å²) in [5, 5.41) is 41.6. The highest BCUT2D eigenvalue weighted by atomic mass is 32.2. The van der Waals surface area contributed by atoms with Crippen molar-refractivity contribution in [1.29, 1.82) is 0 Å². The Bertz CT molecular complexity index is 5130. The van der Waals surface area contributed by atoms with Gasteiger partial charge in [-0.05, 0) is 167 Å². The van der Waals surface area contributed by atoms with Crippen molar-refractivity contribution in [3.63, 3.8) is 0 Å². The number of fused-ring (bicyclic) bond motifs is 4. The Labute approximate surface area is 791 Å². The van der Waals surface area contributed by atoms with Crippen LogP contribution in [0.3, 0.4) is 0 Å². The van der Waals surface area contributed by atoms with E-state index in [9.17, 15) is 62.1 Å². The number of amides is 5. The fourth-order valence-corrected chi connectivity index (χ4v) is 20.2. The average Bonchev–Trinajstić information content (AvgIpc) is 1.09. The summed E-state index contributed by atoms with van der Waals surface area (Å²) in [6.07, 6.45) is 16.5. The number of aromatic nitrogens is 5. The van der Waals surface area contributed by atoms with Crippen molar-refractivity contribution in [2.24, 2.45) is 35.5 Å². The Morgan fingerprint density at radius 3 is 2.12 bits per heavy atom. The van der Waals surface area contributed by atoms with Crippen LogP contribution < -0.4 is 30.9 Å². The first kappa shape index (κ1) is 103. The summed E-state index contributed by atoms with van der Waals surface area (Å²) in [5.74, 6) is -7.21. The molecule has 4 saturated heterocycles. The number of aliphatic hydroxyl groups is 3. The molecular weight excluding hydrogens is 1750 g/mol. The number of allylic oxidation sites excluding steroid dienone is 5. The molecule has 7 N–H and O–H groups in total. The van der Waals surface area contributed by atoms with Gasteiger partial charge in [-0.1, -0.05) is 77.1 Å². The number of piperazine rings is 2. The molecule has 12 rings (SSSR count). The summed E-state index contributed by atoms with van der Waals surface area (Å²) in [6, 6.07) is 12.6. The van der Waals surface area contributed by atoms with Crippen LogP contribution in [0.15, 0.2) is 132 Å². The number of piperidine rings is 1. The summed E-state index contributed by atoms with van der Waals surface area (Å²) < 4.78 is 75.3. The molecule has 36 heteroatoms. The number of benzene rings is 2. The maximum atomic E-state index is 14.9. The van der Waals surface area contributed by atoms with Gasteiger partial charge in [-0.15, -0.1) is 0 Å². The third-order valence-corrected chi connectivity index (χ3v) is 29.1. The van der Waals surface area contributed by atoms with Crippen LogP contribution in [0.1, 0.15) is 169 Å². The molecule has 1 saturated carbocycles. The van der Waals surface area contributed by atoms with Crippen LogP contribution >= 0.6 is 0 Å². The number of ether oxygens (including phenoxy) is 8. The molecule has 2 bridgehead atoms. The van der Waals surface area contributed by atoms with E-state index in [1.807, 2.05) is 97.0 Å². The number of alkyl carbamates (subject to hydrolysis) is 1. The van der Waals surface area contributed by atoms with Crippen molar-refractivity contribution in [1.82, 2.24) is 55.2 Å². The molecule has 0 spiro atoms. The fourth-order valence-electron chi connectivity index (χ4n) is 19.0. The van der Waals surface area contributed by atoms with E-state index in [1.165, 1.54) is 42.6 Å². The van der Waals surface area contributed by atoms with Crippen molar-refractivity contribution >= 4 is 74.8 Å². The minimum absolute atomic E-state index is 0.0116. The normalized spacial score (nSPS) is 28.1. The van der Waals surface area contributed by atoms with E-state index < -0.39 is 124 Å². The van der Waals surface area contributed by atoms with Crippen molar-refractivity contribution in [3.8, 4) is 16.9 Å². The Kier molecular flexibility index (Phi) is 37.1. The summed E-state index contributed by atoms with van der Waals surface area (Å²) in [5.41, 5.74) is 11.3. The number of carbonyl (C=O) groups is 8. The maximum absolute atomic E-state index is 14.9. The van der Waals surface area contributed by atoms with Crippen molar-refractivity contribution in [2.45, 2.75) is 218 Å². The predicted molar refractivity (Wildman–Crippen MR) is 504 cm³/mol. The number of anilines is 3. The Hall–Kier alpha value is -10.5. The van der Waals surface area contributed by atoms with E-state index in [1.54, 1.807) is 77.5 Å². The van der Waals surface area contributed by atoms with Gasteiger partial charge in [-0.3, -0.25) is 33.7 Å². The first-order chi connectivity index (χ1) is 64.7. The average molecular weight is 1890 g/mol. The lowest BCUT2D eigenvalue weighted by Gasteiger charge is -2.43. The molecule has 35 nitrogen and oxygen atoms in total. The van der Waals surface area contributed by atoms with Crippen LogP contribution in [0.25, 0.3) is 11.1 Å². The van der Waals surface area contributed by atoms with Crippen LogP contribution in [-0.2, 0) is 80.1 Å². The second-order valence-corrected chi connectivity index (χ2v) is 39.3. The van der Waals surface area contributed by atoms with Gasteiger partial charge in [-0.25, -0.2) is 42.9 Å². The van der Waals surface area contributed by atoms with Crippen molar-refractivity contribution in [2.75, 3.05) is 141 Å². The van der Waals surface area contributed by atoms with Gasteiger partial charge >= 0.3 is 12.1 Å². The zero-order chi connectivity index (χ0) is 96.8. The highest BCUT2D eigenvalue weighted by molar-refractivity contribution is 7.91. The maximum Gasteiger partial charge on any atom is 0.407 e. The first-order valence-corrected chi connectivity index (χ1v) is 49.0. The van der Waals surface area contributed by atoms with Gasteiger partial charge in [0, 0.05) is 190 Å². The molecule has 5 amide bonds. The molecule has 5 fully saturated rings. The molecule has 6 aliphatic heterocycles. The number of nitrogens with two attached hydrogens (primary N) is 1. The minimum atomic E-state index is -3.86. The number of hydrogen-bond acceptors (Lipinski definition) is 30. The number of aryl methyl sites for hydroxylation is 1. The number of cyclic esters (lactones) is 1. The molecule has 734 valence electrons. The van der Waals surface area contributed by atoms with Gasteiger partial charge in [0.1, 0.15) is 48.6 Å². The number of nitrogens with one attached hydrogen (secondary N) is 2. The van der Waals surface area contributed by atoms with Crippen molar-refractivity contribution in [3.05, 3.63) is 155 Å². The van der Waals surface area contributed by atoms with Gasteiger partial charge < -0.3 is 94.1 Å². The molecule has 0 radical (unpaired) electrons. The van der Waals surface area contributed by atoms with Crippen molar-refractivity contribution < 1.29 is 100.0 Å².